The Balaban J connectivity index is 2.73. The summed E-state index contributed by atoms with van der Waals surface area (Å²) in [7, 11) is 3.38. The van der Waals surface area contributed by atoms with E-state index in [0.29, 0.717) is 10.9 Å². The number of carbonyl (C=O) groups is 1. The van der Waals surface area contributed by atoms with Gasteiger partial charge < -0.3 is 9.64 Å². The number of methoxy groups -OCH3 is 1. The lowest BCUT2D eigenvalue weighted by Gasteiger charge is -2.23. The summed E-state index contributed by atoms with van der Waals surface area (Å²) in [6, 6.07) is 0.432. The quantitative estimate of drug-likeness (QED) is 0.744. The average Bonchev–Trinajstić information content (AvgIpc) is 2.76. The Labute approximate surface area is 100 Å². The Hall–Kier alpha value is -1.10. The molecule has 4 nitrogen and oxygen atoms in total. The first-order valence-electron chi connectivity index (χ1n) is 5.37. The van der Waals surface area contributed by atoms with Crippen molar-refractivity contribution in [1.82, 2.24) is 4.98 Å². The maximum Gasteiger partial charge on any atom is 0.349 e. The number of nitrogens with zero attached hydrogens (tertiary/aromatic N) is 2. The summed E-state index contributed by atoms with van der Waals surface area (Å²) in [4.78, 5) is 18.2. The monoisotopic (exact) mass is 242 g/mol. The molecule has 1 heterocycles. The second-order valence-electron chi connectivity index (χ2n) is 3.75. The molecule has 1 atom stereocenters. The van der Waals surface area contributed by atoms with Crippen LogP contribution in [0.5, 0.6) is 0 Å². The van der Waals surface area contributed by atoms with Gasteiger partial charge in [0.25, 0.3) is 0 Å². The Kier molecular flexibility index (Phi) is 4.73. The third kappa shape index (κ3) is 2.95. The molecule has 1 unspecified atom stereocenters. The Morgan fingerprint density at radius 1 is 1.69 bits per heavy atom. The highest BCUT2D eigenvalue weighted by Crippen LogP contribution is 2.24. The minimum Gasteiger partial charge on any atom is -0.465 e. The molecule has 0 N–H and O–H groups in total. The zero-order chi connectivity index (χ0) is 12.1. The topological polar surface area (TPSA) is 42.4 Å². The lowest BCUT2D eigenvalue weighted by Crippen LogP contribution is -2.28. The van der Waals surface area contributed by atoms with Crippen LogP contribution in [-0.2, 0) is 4.74 Å². The number of ether oxygens (including phenoxy) is 1. The standard InChI is InChI=1S/C11H18N2O2S/c1-5-6-8(2)13(3)11-12-7-9(16-11)10(14)15-4/h7-8H,5-6H2,1-4H3. The molecule has 0 spiro atoms. The number of thiazole rings is 1. The van der Waals surface area contributed by atoms with E-state index in [2.05, 4.69) is 28.5 Å². The highest BCUT2D eigenvalue weighted by Gasteiger charge is 2.16. The Morgan fingerprint density at radius 3 is 2.94 bits per heavy atom. The van der Waals surface area contributed by atoms with Crippen molar-refractivity contribution in [3.05, 3.63) is 11.1 Å². The second kappa shape index (κ2) is 5.84. The predicted molar refractivity (Wildman–Crippen MR) is 66.2 cm³/mol. The van der Waals surface area contributed by atoms with Gasteiger partial charge in [-0.1, -0.05) is 24.7 Å². The van der Waals surface area contributed by atoms with E-state index in [1.165, 1.54) is 18.4 Å². The summed E-state index contributed by atoms with van der Waals surface area (Å²) in [6.07, 6.45) is 3.82. The van der Waals surface area contributed by atoms with Gasteiger partial charge in [0.15, 0.2) is 5.13 Å². The van der Waals surface area contributed by atoms with E-state index in [4.69, 9.17) is 0 Å². The number of hydrogen-bond acceptors (Lipinski definition) is 5. The molecule has 0 saturated carbocycles. The van der Waals surface area contributed by atoms with Crippen LogP contribution in [0.4, 0.5) is 5.13 Å². The first-order valence-corrected chi connectivity index (χ1v) is 6.18. The molecule has 1 rings (SSSR count). The normalized spacial score (nSPS) is 12.2. The highest BCUT2D eigenvalue weighted by molar-refractivity contribution is 7.17. The molecule has 16 heavy (non-hydrogen) atoms. The molecular formula is C11H18N2O2S. The van der Waals surface area contributed by atoms with Crippen LogP contribution in [0.1, 0.15) is 36.4 Å². The first-order chi connectivity index (χ1) is 7.60. The van der Waals surface area contributed by atoms with Gasteiger partial charge in [0, 0.05) is 13.1 Å². The zero-order valence-corrected chi connectivity index (χ0v) is 11.0. The van der Waals surface area contributed by atoms with E-state index in [1.54, 1.807) is 6.20 Å². The maximum atomic E-state index is 11.3. The van der Waals surface area contributed by atoms with E-state index < -0.39 is 0 Å². The third-order valence-electron chi connectivity index (χ3n) is 2.55. The molecule has 0 radical (unpaired) electrons. The van der Waals surface area contributed by atoms with Crippen molar-refractivity contribution in [2.24, 2.45) is 0 Å². The highest BCUT2D eigenvalue weighted by atomic mass is 32.1. The van der Waals surface area contributed by atoms with Crippen LogP contribution in [0.3, 0.4) is 0 Å². The molecule has 0 fully saturated rings. The van der Waals surface area contributed by atoms with Crippen LogP contribution in [0, 0.1) is 0 Å². The summed E-state index contributed by atoms with van der Waals surface area (Å²) in [5.41, 5.74) is 0. The Morgan fingerprint density at radius 2 is 2.38 bits per heavy atom. The number of esters is 1. The first kappa shape index (κ1) is 13.0. The van der Waals surface area contributed by atoms with Crippen molar-refractivity contribution in [2.45, 2.75) is 32.7 Å². The lowest BCUT2D eigenvalue weighted by atomic mass is 10.2. The van der Waals surface area contributed by atoms with Crippen LogP contribution < -0.4 is 4.90 Å². The molecule has 0 aliphatic carbocycles. The molecule has 5 heteroatoms. The van der Waals surface area contributed by atoms with E-state index >= 15 is 0 Å². The lowest BCUT2D eigenvalue weighted by molar-refractivity contribution is 0.0606. The van der Waals surface area contributed by atoms with E-state index in [-0.39, 0.29) is 5.97 Å². The van der Waals surface area contributed by atoms with Crippen LogP contribution >= 0.6 is 11.3 Å². The average molecular weight is 242 g/mol. The summed E-state index contributed by atoms with van der Waals surface area (Å²) < 4.78 is 4.65. The second-order valence-corrected chi connectivity index (χ2v) is 4.76. The molecule has 0 aromatic carbocycles. The summed E-state index contributed by atoms with van der Waals surface area (Å²) >= 11 is 1.37. The van der Waals surface area contributed by atoms with Crippen molar-refractivity contribution in [3.63, 3.8) is 0 Å². The van der Waals surface area contributed by atoms with E-state index in [0.717, 1.165) is 18.0 Å². The summed E-state index contributed by atoms with van der Waals surface area (Å²) in [6.45, 7) is 4.31. The van der Waals surface area contributed by atoms with Gasteiger partial charge in [0.2, 0.25) is 0 Å². The van der Waals surface area contributed by atoms with Gasteiger partial charge in [-0.25, -0.2) is 9.78 Å². The third-order valence-corrected chi connectivity index (χ3v) is 3.62. The number of hydrogen-bond donors (Lipinski definition) is 0. The smallest absolute Gasteiger partial charge is 0.349 e. The van der Waals surface area contributed by atoms with Crippen molar-refractivity contribution in [3.8, 4) is 0 Å². The van der Waals surface area contributed by atoms with Crippen molar-refractivity contribution in [1.29, 1.82) is 0 Å². The van der Waals surface area contributed by atoms with Gasteiger partial charge in [-0.15, -0.1) is 0 Å². The van der Waals surface area contributed by atoms with Crippen molar-refractivity contribution >= 4 is 22.4 Å². The van der Waals surface area contributed by atoms with Gasteiger partial charge >= 0.3 is 5.97 Å². The van der Waals surface area contributed by atoms with E-state index in [9.17, 15) is 4.79 Å². The molecule has 1 aromatic rings. The molecule has 0 aliphatic rings. The zero-order valence-electron chi connectivity index (χ0n) is 10.2. The minimum absolute atomic E-state index is 0.319. The fourth-order valence-corrected chi connectivity index (χ4v) is 2.32. The Bertz CT molecular complexity index is 352. The van der Waals surface area contributed by atoms with Crippen molar-refractivity contribution < 1.29 is 9.53 Å². The molecular weight excluding hydrogens is 224 g/mol. The van der Waals surface area contributed by atoms with Crippen LogP contribution in [0.2, 0.25) is 0 Å². The van der Waals surface area contributed by atoms with Crippen LogP contribution in [-0.4, -0.2) is 31.2 Å². The molecule has 0 bridgehead atoms. The number of rotatable bonds is 5. The molecule has 0 aliphatic heterocycles. The number of aromatic nitrogens is 1. The summed E-state index contributed by atoms with van der Waals surface area (Å²) in [5, 5.41) is 0.862. The molecule has 0 saturated heterocycles. The summed E-state index contributed by atoms with van der Waals surface area (Å²) in [5.74, 6) is -0.319. The predicted octanol–water partition coefficient (Wildman–Crippen LogP) is 2.55. The largest absolute Gasteiger partial charge is 0.465 e. The number of carbonyl (C=O) groups excluding carboxylic acids is 1. The van der Waals surface area contributed by atoms with Gasteiger partial charge in [0.1, 0.15) is 4.88 Å². The fourth-order valence-electron chi connectivity index (χ4n) is 1.42. The number of anilines is 1. The van der Waals surface area contributed by atoms with Gasteiger partial charge in [-0.2, -0.15) is 0 Å². The molecule has 1 aromatic heterocycles. The minimum atomic E-state index is -0.319. The van der Waals surface area contributed by atoms with Crippen LogP contribution in [0.15, 0.2) is 6.20 Å². The van der Waals surface area contributed by atoms with Crippen molar-refractivity contribution in [2.75, 3.05) is 19.1 Å². The van der Waals surface area contributed by atoms with Crippen LogP contribution in [0.25, 0.3) is 0 Å². The maximum absolute atomic E-state index is 11.3. The van der Waals surface area contributed by atoms with Gasteiger partial charge in [-0.05, 0) is 13.3 Å². The fraction of sp³-hybridized carbons (Fsp3) is 0.636. The van der Waals surface area contributed by atoms with Gasteiger partial charge in [-0.3, -0.25) is 0 Å². The van der Waals surface area contributed by atoms with E-state index in [1.807, 2.05) is 7.05 Å². The molecule has 90 valence electrons. The SMILES string of the molecule is CCCC(C)N(C)c1ncc(C(=O)OC)s1. The van der Waals surface area contributed by atoms with Gasteiger partial charge in [0.05, 0.1) is 13.3 Å². The molecule has 0 amide bonds.